The normalized spacial score (nSPS) is 12.4. The van der Waals surface area contributed by atoms with Crippen molar-refractivity contribution in [2.45, 2.75) is 24.9 Å². The van der Waals surface area contributed by atoms with Crippen LogP contribution >= 0.6 is 11.8 Å². The van der Waals surface area contributed by atoms with Gasteiger partial charge in [-0.05, 0) is 32.0 Å². The number of aromatic nitrogens is 2. The molecule has 1 heterocycles. The summed E-state index contributed by atoms with van der Waals surface area (Å²) in [6.45, 7) is 4.29. The zero-order chi connectivity index (χ0) is 13.7. The highest BCUT2D eigenvalue weighted by atomic mass is 32.2. The fourth-order valence-electron chi connectivity index (χ4n) is 2.07. The number of benzene rings is 1. The lowest BCUT2D eigenvalue weighted by Gasteiger charge is -2.18. The lowest BCUT2D eigenvalue weighted by atomic mass is 10.0. The highest BCUT2D eigenvalue weighted by Gasteiger charge is 2.12. The Labute approximate surface area is 118 Å². The summed E-state index contributed by atoms with van der Waals surface area (Å²) in [5.41, 5.74) is 3.99. The monoisotopic (exact) mass is 273 g/mol. The third kappa shape index (κ3) is 3.78. The van der Waals surface area contributed by atoms with Gasteiger partial charge in [0.2, 0.25) is 0 Å². The Bertz CT molecular complexity index is 528. The molecule has 1 unspecified atom stereocenters. The highest BCUT2D eigenvalue weighted by molar-refractivity contribution is 7.99. The minimum absolute atomic E-state index is 0.326. The Kier molecular flexibility index (Phi) is 4.93. The molecule has 0 radical (unpaired) electrons. The molecule has 2 rings (SSSR count). The molecule has 0 spiro atoms. The molecule has 0 aliphatic carbocycles. The molecule has 4 heteroatoms. The summed E-state index contributed by atoms with van der Waals surface area (Å²) in [4.78, 5) is 8.37. The molecular formula is C15H19N3S. The van der Waals surface area contributed by atoms with Crippen molar-refractivity contribution in [3.63, 3.8) is 0 Å². The van der Waals surface area contributed by atoms with Crippen molar-refractivity contribution in [1.82, 2.24) is 15.3 Å². The van der Waals surface area contributed by atoms with E-state index < -0.39 is 0 Å². The van der Waals surface area contributed by atoms with Crippen LogP contribution in [0.3, 0.4) is 0 Å². The van der Waals surface area contributed by atoms with Crippen LogP contribution in [-0.4, -0.2) is 22.8 Å². The number of nitrogens with one attached hydrogen (secondary N) is 1. The maximum absolute atomic E-state index is 4.29. The molecular weight excluding hydrogens is 254 g/mol. The van der Waals surface area contributed by atoms with Crippen molar-refractivity contribution in [3.8, 4) is 0 Å². The van der Waals surface area contributed by atoms with Gasteiger partial charge in [-0.15, -0.1) is 11.8 Å². The Balaban J connectivity index is 2.08. The van der Waals surface area contributed by atoms with Crippen molar-refractivity contribution in [2.75, 3.05) is 12.8 Å². The molecule has 3 nitrogen and oxygen atoms in total. The van der Waals surface area contributed by atoms with E-state index in [0.29, 0.717) is 6.04 Å². The minimum atomic E-state index is 0.326. The Morgan fingerprint density at radius 3 is 2.74 bits per heavy atom. The summed E-state index contributed by atoms with van der Waals surface area (Å²) in [5, 5.41) is 4.35. The van der Waals surface area contributed by atoms with Crippen LogP contribution in [0.1, 0.15) is 22.7 Å². The first-order valence-electron chi connectivity index (χ1n) is 6.34. The van der Waals surface area contributed by atoms with Gasteiger partial charge in [-0.3, -0.25) is 4.98 Å². The lowest BCUT2D eigenvalue weighted by molar-refractivity contribution is 0.657. The molecule has 1 N–H and O–H groups in total. The molecule has 0 amide bonds. The van der Waals surface area contributed by atoms with Gasteiger partial charge in [0.15, 0.2) is 0 Å². The molecule has 2 aromatic rings. The van der Waals surface area contributed by atoms with Gasteiger partial charge >= 0.3 is 0 Å². The van der Waals surface area contributed by atoms with Crippen molar-refractivity contribution in [3.05, 3.63) is 53.5 Å². The number of nitrogens with zero attached hydrogens (tertiary/aromatic N) is 2. The molecule has 1 aromatic heterocycles. The van der Waals surface area contributed by atoms with E-state index in [0.717, 1.165) is 10.8 Å². The van der Waals surface area contributed by atoms with Crippen LogP contribution in [0.25, 0.3) is 0 Å². The number of thioether (sulfide) groups is 1. The Morgan fingerprint density at radius 1 is 1.26 bits per heavy atom. The first kappa shape index (κ1) is 14.0. The fourth-order valence-corrected chi connectivity index (χ4v) is 3.03. The van der Waals surface area contributed by atoms with Gasteiger partial charge in [0.1, 0.15) is 5.03 Å². The molecule has 0 fully saturated rings. The van der Waals surface area contributed by atoms with Gasteiger partial charge in [-0.2, -0.15) is 0 Å². The number of hydrogen-bond donors (Lipinski definition) is 1. The van der Waals surface area contributed by atoms with Crippen molar-refractivity contribution in [1.29, 1.82) is 0 Å². The summed E-state index contributed by atoms with van der Waals surface area (Å²) in [6, 6.07) is 6.93. The topological polar surface area (TPSA) is 37.8 Å². The summed E-state index contributed by atoms with van der Waals surface area (Å²) in [5.74, 6) is 0.944. The molecule has 1 aromatic carbocycles. The number of rotatable bonds is 5. The third-order valence-electron chi connectivity index (χ3n) is 3.09. The van der Waals surface area contributed by atoms with Gasteiger partial charge in [0.25, 0.3) is 0 Å². The lowest BCUT2D eigenvalue weighted by Crippen LogP contribution is -2.19. The second-order valence-electron chi connectivity index (χ2n) is 4.56. The number of aryl methyl sites for hydroxylation is 2. The standard InChI is InChI=1S/C15H19N3S/c1-11-4-5-13(12(2)8-11)14(16-3)10-19-15-9-17-6-7-18-15/h4-9,14,16H,10H2,1-3H3. The minimum Gasteiger partial charge on any atom is -0.312 e. The molecule has 100 valence electrons. The van der Waals surface area contributed by atoms with E-state index >= 15 is 0 Å². The molecule has 0 saturated carbocycles. The summed E-state index contributed by atoms with van der Waals surface area (Å²) >= 11 is 1.72. The molecule has 0 saturated heterocycles. The van der Waals surface area contributed by atoms with E-state index in [1.807, 2.05) is 7.05 Å². The Hall–Kier alpha value is -1.39. The van der Waals surface area contributed by atoms with Crippen LogP contribution in [0.2, 0.25) is 0 Å². The third-order valence-corrected chi connectivity index (χ3v) is 4.09. The largest absolute Gasteiger partial charge is 0.312 e. The smallest absolute Gasteiger partial charge is 0.114 e. The molecule has 19 heavy (non-hydrogen) atoms. The Morgan fingerprint density at radius 2 is 2.11 bits per heavy atom. The van der Waals surface area contributed by atoms with E-state index in [1.165, 1.54) is 16.7 Å². The van der Waals surface area contributed by atoms with E-state index in [2.05, 4.69) is 47.3 Å². The first-order valence-corrected chi connectivity index (χ1v) is 7.32. The van der Waals surface area contributed by atoms with Crippen molar-refractivity contribution < 1.29 is 0 Å². The van der Waals surface area contributed by atoms with Gasteiger partial charge in [-0.1, -0.05) is 23.8 Å². The predicted octanol–water partition coefficient (Wildman–Crippen LogP) is 3.15. The number of hydrogen-bond acceptors (Lipinski definition) is 4. The van der Waals surface area contributed by atoms with Crippen LogP contribution in [-0.2, 0) is 0 Å². The van der Waals surface area contributed by atoms with Crippen LogP contribution in [0, 0.1) is 13.8 Å². The summed E-state index contributed by atoms with van der Waals surface area (Å²) < 4.78 is 0. The second kappa shape index (κ2) is 6.68. The van der Waals surface area contributed by atoms with Crippen molar-refractivity contribution in [2.24, 2.45) is 0 Å². The summed E-state index contributed by atoms with van der Waals surface area (Å²) in [7, 11) is 2.00. The van der Waals surface area contributed by atoms with Crippen LogP contribution in [0.15, 0.2) is 41.8 Å². The summed E-state index contributed by atoms with van der Waals surface area (Å²) in [6.07, 6.45) is 5.23. The van der Waals surface area contributed by atoms with E-state index in [9.17, 15) is 0 Å². The predicted molar refractivity (Wildman–Crippen MR) is 80.5 cm³/mol. The van der Waals surface area contributed by atoms with E-state index in [1.54, 1.807) is 30.4 Å². The molecule has 0 aliphatic rings. The van der Waals surface area contributed by atoms with Crippen LogP contribution in [0.4, 0.5) is 0 Å². The van der Waals surface area contributed by atoms with Crippen LogP contribution < -0.4 is 5.32 Å². The maximum Gasteiger partial charge on any atom is 0.114 e. The van der Waals surface area contributed by atoms with E-state index in [4.69, 9.17) is 0 Å². The zero-order valence-electron chi connectivity index (χ0n) is 11.6. The van der Waals surface area contributed by atoms with E-state index in [-0.39, 0.29) is 0 Å². The maximum atomic E-state index is 4.29. The average Bonchev–Trinajstić information content (AvgIpc) is 2.42. The SMILES string of the molecule is CNC(CSc1cnccn1)c1ccc(C)cc1C. The molecule has 0 aliphatic heterocycles. The van der Waals surface area contributed by atoms with Crippen LogP contribution in [0.5, 0.6) is 0 Å². The van der Waals surface area contributed by atoms with Crippen molar-refractivity contribution >= 4 is 11.8 Å². The highest BCUT2D eigenvalue weighted by Crippen LogP contribution is 2.25. The average molecular weight is 273 g/mol. The zero-order valence-corrected chi connectivity index (χ0v) is 12.4. The molecule has 1 atom stereocenters. The first-order chi connectivity index (χ1) is 9.20. The van der Waals surface area contributed by atoms with Gasteiger partial charge in [0, 0.05) is 24.2 Å². The second-order valence-corrected chi connectivity index (χ2v) is 5.60. The fraction of sp³-hybridized carbons (Fsp3) is 0.333. The van der Waals surface area contributed by atoms with Gasteiger partial charge in [-0.25, -0.2) is 4.98 Å². The van der Waals surface area contributed by atoms with Gasteiger partial charge in [0.05, 0.1) is 6.20 Å². The molecule has 0 bridgehead atoms. The quantitative estimate of drug-likeness (QED) is 0.849. The van der Waals surface area contributed by atoms with Gasteiger partial charge < -0.3 is 5.32 Å².